The zero-order chi connectivity index (χ0) is 26.5. The Morgan fingerprint density at radius 3 is 2.61 bits per heavy atom. The zero-order valence-electron chi connectivity index (χ0n) is 21.2. The minimum atomic E-state index is -0.216. The zero-order valence-corrected chi connectivity index (χ0v) is 21.9. The lowest BCUT2D eigenvalue weighted by Gasteiger charge is -2.26. The Morgan fingerprint density at radius 1 is 1.08 bits per heavy atom. The topological polar surface area (TPSA) is 97.5 Å². The van der Waals surface area contributed by atoms with Crippen LogP contribution in [0.4, 0.5) is 5.82 Å². The smallest absolute Gasteiger partial charge is 0.244 e. The number of ether oxygens (including phenoxy) is 1. The number of carbonyl (C=O) groups is 2. The van der Waals surface area contributed by atoms with Crippen LogP contribution in [-0.2, 0) is 22.4 Å². The lowest BCUT2D eigenvalue weighted by molar-refractivity contribution is -0.131. The van der Waals surface area contributed by atoms with Gasteiger partial charge in [0.25, 0.3) is 0 Å². The van der Waals surface area contributed by atoms with Crippen molar-refractivity contribution in [2.45, 2.75) is 38.2 Å². The van der Waals surface area contributed by atoms with Gasteiger partial charge in [0.1, 0.15) is 17.7 Å². The summed E-state index contributed by atoms with van der Waals surface area (Å²) in [6.45, 7) is 2.11. The van der Waals surface area contributed by atoms with E-state index in [0.29, 0.717) is 36.0 Å². The van der Waals surface area contributed by atoms with Crippen LogP contribution >= 0.6 is 11.6 Å². The molecule has 196 valence electrons. The largest absolute Gasteiger partial charge is 0.486 e. The third-order valence-corrected chi connectivity index (χ3v) is 7.23. The molecule has 8 heteroatoms. The molecule has 3 heterocycles. The summed E-state index contributed by atoms with van der Waals surface area (Å²) in [4.78, 5) is 30.8. The minimum absolute atomic E-state index is 0.198. The maximum Gasteiger partial charge on any atom is 0.244 e. The van der Waals surface area contributed by atoms with Crippen molar-refractivity contribution in [2.75, 3.05) is 25.4 Å². The highest BCUT2D eigenvalue weighted by atomic mass is 35.5. The highest BCUT2D eigenvalue weighted by molar-refractivity contribution is 6.32. The van der Waals surface area contributed by atoms with E-state index in [0.717, 1.165) is 53.7 Å². The molecule has 1 unspecified atom stereocenters. The van der Waals surface area contributed by atoms with Crippen molar-refractivity contribution in [1.29, 1.82) is 0 Å². The van der Waals surface area contributed by atoms with E-state index in [1.165, 1.54) is 12.5 Å². The number of amides is 2. The molecule has 3 N–H and O–H groups in total. The molecule has 38 heavy (non-hydrogen) atoms. The van der Waals surface area contributed by atoms with Gasteiger partial charge in [-0.3, -0.25) is 9.59 Å². The van der Waals surface area contributed by atoms with Gasteiger partial charge in [0.05, 0.1) is 18.0 Å². The fraction of sp³-hybridized carbons (Fsp3) is 0.300. The van der Waals surface area contributed by atoms with E-state index in [1.807, 2.05) is 35.2 Å². The molecule has 1 saturated heterocycles. The standard InChI is InChI=1S/C30H31ClN4O3/c31-26-17-23(22-8-4-20(5-9-22)14-29(37)35-12-2-1-3-13-35)15-24-16-25(38-30(24)26)19-34-28(36)11-7-21-6-10-27(32)33-18-21/h4-11,15,17-18,25H,1-3,12-14,16,19H2,(H2,32,33)(H,34,36)/b11-7+. The Morgan fingerprint density at radius 2 is 1.87 bits per heavy atom. The van der Waals surface area contributed by atoms with E-state index in [9.17, 15) is 9.59 Å². The number of hydrogen-bond acceptors (Lipinski definition) is 5. The summed E-state index contributed by atoms with van der Waals surface area (Å²) in [6, 6.07) is 15.6. The molecule has 0 aliphatic carbocycles. The number of nitrogens with zero attached hydrogens (tertiary/aromatic N) is 2. The number of aromatic nitrogens is 1. The van der Waals surface area contributed by atoms with Crippen molar-refractivity contribution >= 4 is 35.3 Å². The predicted molar refractivity (Wildman–Crippen MR) is 150 cm³/mol. The highest BCUT2D eigenvalue weighted by Crippen LogP contribution is 2.39. The predicted octanol–water partition coefficient (Wildman–Crippen LogP) is 4.67. The number of nitrogens with one attached hydrogen (secondary N) is 1. The molecule has 1 atom stereocenters. The average molecular weight is 531 g/mol. The molecule has 3 aromatic rings. The first kappa shape index (κ1) is 25.8. The Bertz CT molecular complexity index is 1330. The Kier molecular flexibility index (Phi) is 7.94. The number of carbonyl (C=O) groups excluding carboxylic acids is 2. The molecule has 5 rings (SSSR count). The van der Waals surface area contributed by atoms with Gasteiger partial charge in [0.15, 0.2) is 0 Å². The van der Waals surface area contributed by atoms with Gasteiger partial charge in [-0.15, -0.1) is 0 Å². The monoisotopic (exact) mass is 530 g/mol. The van der Waals surface area contributed by atoms with E-state index in [4.69, 9.17) is 22.1 Å². The molecule has 1 fully saturated rings. The van der Waals surface area contributed by atoms with Crippen LogP contribution in [0.1, 0.15) is 36.0 Å². The van der Waals surface area contributed by atoms with Crippen molar-refractivity contribution in [3.05, 3.63) is 82.5 Å². The van der Waals surface area contributed by atoms with Gasteiger partial charge in [0.2, 0.25) is 11.8 Å². The van der Waals surface area contributed by atoms with Crippen LogP contribution in [0.5, 0.6) is 5.75 Å². The maximum atomic E-state index is 12.6. The van der Waals surface area contributed by atoms with E-state index >= 15 is 0 Å². The number of hydrogen-bond donors (Lipinski definition) is 2. The van der Waals surface area contributed by atoms with Crippen LogP contribution in [-0.4, -0.2) is 47.4 Å². The third-order valence-electron chi connectivity index (χ3n) is 6.94. The summed E-state index contributed by atoms with van der Waals surface area (Å²) in [5.41, 5.74) is 10.4. The van der Waals surface area contributed by atoms with E-state index in [1.54, 1.807) is 24.4 Å². The average Bonchev–Trinajstić information content (AvgIpc) is 3.36. The Labute approximate surface area is 227 Å². The molecule has 2 aliphatic rings. The normalized spacial score (nSPS) is 16.8. The van der Waals surface area contributed by atoms with Crippen LogP contribution in [0.25, 0.3) is 17.2 Å². The molecule has 0 spiro atoms. The second-order valence-corrected chi connectivity index (χ2v) is 10.2. The van der Waals surface area contributed by atoms with Gasteiger partial charge in [-0.05, 0) is 71.9 Å². The third kappa shape index (κ3) is 6.34. The molecular formula is C30H31ClN4O3. The summed E-state index contributed by atoms with van der Waals surface area (Å²) in [5, 5.41) is 3.43. The number of rotatable bonds is 7. The van der Waals surface area contributed by atoms with Gasteiger partial charge >= 0.3 is 0 Å². The van der Waals surface area contributed by atoms with E-state index in [2.05, 4.69) is 16.4 Å². The molecule has 0 saturated carbocycles. The van der Waals surface area contributed by atoms with Crippen LogP contribution in [0.15, 0.2) is 60.8 Å². The number of nitrogens with two attached hydrogens (primary N) is 1. The molecule has 1 aromatic heterocycles. The first-order valence-electron chi connectivity index (χ1n) is 13.0. The number of anilines is 1. The van der Waals surface area contributed by atoms with Crippen molar-refractivity contribution in [3.8, 4) is 16.9 Å². The van der Waals surface area contributed by atoms with Crippen LogP contribution in [0, 0.1) is 0 Å². The first-order chi connectivity index (χ1) is 18.4. The maximum absolute atomic E-state index is 12.6. The molecule has 0 radical (unpaired) electrons. The fourth-order valence-electron chi connectivity index (χ4n) is 4.87. The van der Waals surface area contributed by atoms with E-state index in [-0.39, 0.29) is 17.9 Å². The van der Waals surface area contributed by atoms with Gasteiger partial charge in [-0.25, -0.2) is 4.98 Å². The van der Waals surface area contributed by atoms with Gasteiger partial charge in [-0.2, -0.15) is 0 Å². The molecule has 0 bridgehead atoms. The van der Waals surface area contributed by atoms with E-state index < -0.39 is 0 Å². The van der Waals surface area contributed by atoms with Crippen molar-refractivity contribution in [2.24, 2.45) is 0 Å². The SMILES string of the molecule is Nc1ccc(/C=C/C(=O)NCC2Cc3cc(-c4ccc(CC(=O)N5CCCCC5)cc4)cc(Cl)c3O2)cn1. The molecular weight excluding hydrogens is 500 g/mol. The fourth-order valence-corrected chi connectivity index (χ4v) is 5.16. The lowest BCUT2D eigenvalue weighted by atomic mass is 9.99. The van der Waals surface area contributed by atoms with Crippen molar-refractivity contribution in [3.63, 3.8) is 0 Å². The molecule has 2 aromatic carbocycles. The minimum Gasteiger partial charge on any atom is -0.486 e. The summed E-state index contributed by atoms with van der Waals surface area (Å²) < 4.78 is 6.04. The van der Waals surface area contributed by atoms with Crippen LogP contribution in [0.3, 0.4) is 0 Å². The van der Waals surface area contributed by atoms with Crippen LogP contribution in [0.2, 0.25) is 5.02 Å². The molecule has 7 nitrogen and oxygen atoms in total. The number of pyridine rings is 1. The Balaban J connectivity index is 1.17. The highest BCUT2D eigenvalue weighted by Gasteiger charge is 2.26. The number of piperidine rings is 1. The number of benzene rings is 2. The van der Waals surface area contributed by atoms with Crippen molar-refractivity contribution < 1.29 is 14.3 Å². The summed E-state index contributed by atoms with van der Waals surface area (Å²) in [5.74, 6) is 1.09. The number of nitrogen functional groups attached to an aromatic ring is 1. The van der Waals surface area contributed by atoms with Gasteiger partial charge in [-0.1, -0.05) is 35.9 Å². The van der Waals surface area contributed by atoms with Gasteiger partial charge < -0.3 is 20.7 Å². The number of likely N-dealkylation sites (tertiary alicyclic amines) is 1. The van der Waals surface area contributed by atoms with Gasteiger partial charge in [0, 0.05) is 37.3 Å². The summed E-state index contributed by atoms with van der Waals surface area (Å²) >= 11 is 6.58. The first-order valence-corrected chi connectivity index (χ1v) is 13.4. The Hall–Kier alpha value is -3.84. The molecule has 2 amide bonds. The summed E-state index contributed by atoms with van der Waals surface area (Å²) in [6.07, 6.45) is 9.04. The number of halogens is 1. The number of fused-ring (bicyclic) bond motifs is 1. The summed E-state index contributed by atoms with van der Waals surface area (Å²) in [7, 11) is 0. The second-order valence-electron chi connectivity index (χ2n) is 9.80. The second kappa shape index (κ2) is 11.7. The van der Waals surface area contributed by atoms with Crippen molar-refractivity contribution in [1.82, 2.24) is 15.2 Å². The molecule has 2 aliphatic heterocycles. The quantitative estimate of drug-likeness (QED) is 0.432. The lowest BCUT2D eigenvalue weighted by Crippen LogP contribution is -2.36. The van der Waals surface area contributed by atoms with Crippen LogP contribution < -0.4 is 15.8 Å².